The molecule has 3 unspecified atom stereocenters. The van der Waals surface area contributed by atoms with Crippen LogP contribution in [-0.4, -0.2) is 54.0 Å². The van der Waals surface area contributed by atoms with Crippen LogP contribution in [0.4, 0.5) is 0 Å². The molecule has 3 atom stereocenters. The number of fused-ring (bicyclic) bond motifs is 2. The van der Waals surface area contributed by atoms with Gasteiger partial charge in [-0.05, 0) is 45.2 Å². The average Bonchev–Trinajstić information content (AvgIpc) is 2.76. The fourth-order valence-corrected chi connectivity index (χ4v) is 3.96. The van der Waals surface area contributed by atoms with Crippen LogP contribution in [0.3, 0.4) is 0 Å². The number of hydrogen-bond donors (Lipinski definition) is 1. The summed E-state index contributed by atoms with van der Waals surface area (Å²) in [6, 6.07) is 1.92. The normalized spacial score (nSPS) is 42.5. The Morgan fingerprint density at radius 3 is 2.41 bits per heavy atom. The SMILES string of the molecule is CN1C2CCC1CC(N1CC(CN)CC1=O)C2. The minimum atomic E-state index is 0.342. The molecule has 0 aromatic rings. The van der Waals surface area contributed by atoms with Gasteiger partial charge in [0.15, 0.2) is 0 Å². The Kier molecular flexibility index (Phi) is 2.87. The van der Waals surface area contributed by atoms with E-state index in [0.29, 0.717) is 42.9 Å². The zero-order valence-electron chi connectivity index (χ0n) is 10.6. The molecular weight excluding hydrogens is 214 g/mol. The minimum Gasteiger partial charge on any atom is -0.339 e. The van der Waals surface area contributed by atoms with Gasteiger partial charge in [-0.3, -0.25) is 4.79 Å². The van der Waals surface area contributed by atoms with E-state index in [-0.39, 0.29) is 0 Å². The molecule has 3 fully saturated rings. The maximum Gasteiger partial charge on any atom is 0.223 e. The summed E-state index contributed by atoms with van der Waals surface area (Å²) in [5.74, 6) is 0.745. The highest BCUT2D eigenvalue weighted by atomic mass is 16.2. The van der Waals surface area contributed by atoms with Crippen molar-refractivity contribution in [1.29, 1.82) is 0 Å². The van der Waals surface area contributed by atoms with Gasteiger partial charge in [-0.15, -0.1) is 0 Å². The first kappa shape index (κ1) is 11.5. The molecule has 3 heterocycles. The van der Waals surface area contributed by atoms with Gasteiger partial charge in [-0.2, -0.15) is 0 Å². The third-order valence-electron chi connectivity index (χ3n) is 5.09. The van der Waals surface area contributed by atoms with Crippen LogP contribution < -0.4 is 5.73 Å². The van der Waals surface area contributed by atoms with Gasteiger partial charge in [0.1, 0.15) is 0 Å². The van der Waals surface area contributed by atoms with E-state index in [1.165, 1.54) is 25.7 Å². The number of likely N-dealkylation sites (tertiary alicyclic amines) is 1. The summed E-state index contributed by atoms with van der Waals surface area (Å²) in [4.78, 5) is 16.7. The molecule has 0 spiro atoms. The summed E-state index contributed by atoms with van der Waals surface area (Å²) >= 11 is 0. The Morgan fingerprint density at radius 2 is 1.88 bits per heavy atom. The van der Waals surface area contributed by atoms with Gasteiger partial charge in [0.2, 0.25) is 5.91 Å². The number of nitrogens with zero attached hydrogens (tertiary/aromatic N) is 2. The maximum atomic E-state index is 12.0. The zero-order chi connectivity index (χ0) is 12.0. The fraction of sp³-hybridized carbons (Fsp3) is 0.923. The molecule has 2 bridgehead atoms. The van der Waals surface area contributed by atoms with E-state index in [2.05, 4.69) is 16.8 Å². The second-order valence-corrected chi connectivity index (χ2v) is 6.03. The van der Waals surface area contributed by atoms with Gasteiger partial charge < -0.3 is 15.5 Å². The number of nitrogens with two attached hydrogens (primary N) is 1. The lowest BCUT2D eigenvalue weighted by atomic mass is 9.96. The molecule has 0 aromatic carbocycles. The molecule has 3 aliphatic heterocycles. The van der Waals surface area contributed by atoms with E-state index in [0.717, 1.165) is 6.54 Å². The molecule has 1 amide bonds. The van der Waals surface area contributed by atoms with Crippen molar-refractivity contribution in [3.05, 3.63) is 0 Å². The molecule has 0 aromatic heterocycles. The minimum absolute atomic E-state index is 0.342. The monoisotopic (exact) mass is 237 g/mol. The first-order valence-corrected chi connectivity index (χ1v) is 6.90. The molecule has 2 N–H and O–H groups in total. The third kappa shape index (κ3) is 1.87. The summed E-state index contributed by atoms with van der Waals surface area (Å²) in [6.07, 6.45) is 5.67. The van der Waals surface area contributed by atoms with Crippen LogP contribution in [0.5, 0.6) is 0 Å². The molecular formula is C13H23N3O. The van der Waals surface area contributed by atoms with Gasteiger partial charge in [-0.1, -0.05) is 0 Å². The second kappa shape index (κ2) is 4.25. The topological polar surface area (TPSA) is 49.6 Å². The average molecular weight is 237 g/mol. The predicted molar refractivity (Wildman–Crippen MR) is 66.5 cm³/mol. The highest BCUT2D eigenvalue weighted by Crippen LogP contribution is 2.37. The van der Waals surface area contributed by atoms with Crippen LogP contribution in [0.15, 0.2) is 0 Å². The van der Waals surface area contributed by atoms with Gasteiger partial charge in [0.25, 0.3) is 0 Å². The van der Waals surface area contributed by atoms with Crippen LogP contribution >= 0.6 is 0 Å². The third-order valence-corrected chi connectivity index (χ3v) is 5.09. The summed E-state index contributed by atoms with van der Waals surface area (Å²) in [5, 5.41) is 0. The molecule has 4 heteroatoms. The van der Waals surface area contributed by atoms with Crippen molar-refractivity contribution >= 4 is 5.91 Å². The second-order valence-electron chi connectivity index (χ2n) is 6.03. The molecule has 0 saturated carbocycles. The lowest BCUT2D eigenvalue weighted by Crippen LogP contribution is -2.49. The van der Waals surface area contributed by atoms with Crippen LogP contribution in [0.25, 0.3) is 0 Å². The largest absolute Gasteiger partial charge is 0.339 e. The summed E-state index contributed by atoms with van der Waals surface area (Å²) < 4.78 is 0. The van der Waals surface area contributed by atoms with Gasteiger partial charge in [0, 0.05) is 31.1 Å². The van der Waals surface area contributed by atoms with E-state index >= 15 is 0 Å². The van der Waals surface area contributed by atoms with Gasteiger partial charge in [0.05, 0.1) is 0 Å². The highest BCUT2D eigenvalue weighted by molar-refractivity contribution is 5.79. The van der Waals surface area contributed by atoms with Gasteiger partial charge in [-0.25, -0.2) is 0 Å². The van der Waals surface area contributed by atoms with Crippen LogP contribution in [0.1, 0.15) is 32.1 Å². The molecule has 3 saturated heterocycles. The number of piperidine rings is 1. The standard InChI is InChI=1S/C13H23N3O/c1-15-10-2-3-11(15)6-12(5-10)16-8-9(7-14)4-13(16)17/h9-12H,2-8,14H2,1H3. The summed E-state index contributed by atoms with van der Waals surface area (Å²) in [6.45, 7) is 1.56. The van der Waals surface area contributed by atoms with Crippen molar-refractivity contribution in [2.45, 2.75) is 50.2 Å². The first-order valence-electron chi connectivity index (χ1n) is 6.90. The first-order chi connectivity index (χ1) is 8.19. The van der Waals surface area contributed by atoms with E-state index in [9.17, 15) is 4.79 Å². The molecule has 0 radical (unpaired) electrons. The smallest absolute Gasteiger partial charge is 0.223 e. The molecule has 3 rings (SSSR count). The van der Waals surface area contributed by atoms with E-state index in [1.807, 2.05) is 0 Å². The Hall–Kier alpha value is -0.610. The van der Waals surface area contributed by atoms with Crippen molar-refractivity contribution < 1.29 is 4.79 Å². The van der Waals surface area contributed by atoms with Crippen molar-refractivity contribution in [3.8, 4) is 0 Å². The number of rotatable bonds is 2. The van der Waals surface area contributed by atoms with Crippen molar-refractivity contribution in [2.24, 2.45) is 11.7 Å². The summed E-state index contributed by atoms with van der Waals surface area (Å²) in [7, 11) is 2.24. The molecule has 96 valence electrons. The Labute approximate surface area is 103 Å². The molecule has 3 aliphatic rings. The molecule has 0 aliphatic carbocycles. The quantitative estimate of drug-likeness (QED) is 0.757. The Bertz CT molecular complexity index is 306. The fourth-order valence-electron chi connectivity index (χ4n) is 3.96. The van der Waals surface area contributed by atoms with Gasteiger partial charge >= 0.3 is 0 Å². The molecule has 4 nitrogen and oxygen atoms in total. The Balaban J connectivity index is 1.68. The number of carbonyl (C=O) groups excluding carboxylic acids is 1. The Morgan fingerprint density at radius 1 is 1.24 bits per heavy atom. The zero-order valence-corrected chi connectivity index (χ0v) is 10.6. The number of amides is 1. The number of carbonyl (C=O) groups is 1. The maximum absolute atomic E-state index is 12.0. The lowest BCUT2D eigenvalue weighted by molar-refractivity contribution is -0.130. The predicted octanol–water partition coefficient (Wildman–Crippen LogP) is 0.419. The van der Waals surface area contributed by atoms with Crippen molar-refractivity contribution in [2.75, 3.05) is 20.1 Å². The van der Waals surface area contributed by atoms with E-state index < -0.39 is 0 Å². The lowest BCUT2D eigenvalue weighted by Gasteiger charge is -2.40. The summed E-state index contributed by atoms with van der Waals surface area (Å²) in [5.41, 5.74) is 5.69. The van der Waals surface area contributed by atoms with Crippen LogP contribution in [-0.2, 0) is 4.79 Å². The molecule has 17 heavy (non-hydrogen) atoms. The number of hydrogen-bond acceptors (Lipinski definition) is 3. The van der Waals surface area contributed by atoms with Crippen LogP contribution in [0, 0.1) is 5.92 Å². The van der Waals surface area contributed by atoms with E-state index in [4.69, 9.17) is 5.73 Å². The van der Waals surface area contributed by atoms with E-state index in [1.54, 1.807) is 0 Å². The van der Waals surface area contributed by atoms with Crippen LogP contribution in [0.2, 0.25) is 0 Å². The van der Waals surface area contributed by atoms with Crippen molar-refractivity contribution in [3.63, 3.8) is 0 Å². The highest BCUT2D eigenvalue weighted by Gasteiger charge is 2.43. The van der Waals surface area contributed by atoms with Crippen molar-refractivity contribution in [1.82, 2.24) is 9.80 Å².